The lowest BCUT2D eigenvalue weighted by molar-refractivity contribution is -0.258. The van der Waals surface area contributed by atoms with E-state index in [4.69, 9.17) is 16.4 Å². The van der Waals surface area contributed by atoms with Crippen LogP contribution in [-0.4, -0.2) is 18.0 Å². The number of nitrogens with one attached hydrogen (secondary N) is 1. The van der Waals surface area contributed by atoms with Crippen molar-refractivity contribution in [3.63, 3.8) is 0 Å². The Labute approximate surface area is 65.8 Å². The van der Waals surface area contributed by atoms with Crippen molar-refractivity contribution in [3.05, 3.63) is 0 Å². The van der Waals surface area contributed by atoms with Gasteiger partial charge in [0, 0.05) is 5.88 Å². The highest BCUT2D eigenvalue weighted by Gasteiger charge is 2.50. The summed E-state index contributed by atoms with van der Waals surface area (Å²) in [6.07, 6.45) is 3.59. The summed E-state index contributed by atoms with van der Waals surface area (Å²) < 4.78 is 0. The zero-order valence-corrected chi connectivity index (χ0v) is 6.66. The van der Waals surface area contributed by atoms with Gasteiger partial charge in [0.2, 0.25) is 0 Å². The van der Waals surface area contributed by atoms with Crippen molar-refractivity contribution in [1.82, 2.24) is 5.48 Å². The minimum Gasteiger partial charge on any atom is -0.294 e. The number of halogens is 1. The van der Waals surface area contributed by atoms with Crippen molar-refractivity contribution >= 4 is 11.6 Å². The minimum absolute atomic E-state index is 0.247. The summed E-state index contributed by atoms with van der Waals surface area (Å²) in [6, 6.07) is 0. The third kappa shape index (κ3) is 0.949. The van der Waals surface area contributed by atoms with Crippen LogP contribution in [-0.2, 0) is 4.84 Å². The molecule has 0 amide bonds. The zero-order chi connectivity index (χ0) is 7.03. The van der Waals surface area contributed by atoms with Crippen LogP contribution in [0.15, 0.2) is 0 Å². The van der Waals surface area contributed by atoms with Crippen LogP contribution in [0, 0.1) is 5.92 Å². The fourth-order valence-electron chi connectivity index (χ4n) is 1.85. The van der Waals surface area contributed by atoms with Crippen molar-refractivity contribution < 1.29 is 4.84 Å². The average molecular weight is 162 g/mol. The molecule has 0 unspecified atom stereocenters. The molecule has 0 aromatic carbocycles. The molecule has 2 rings (SSSR count). The minimum atomic E-state index is 0.247. The van der Waals surface area contributed by atoms with Gasteiger partial charge in [-0.05, 0) is 25.2 Å². The lowest BCUT2D eigenvalue weighted by atomic mass is 9.69. The Balaban J connectivity index is 1.72. The number of alkyl halides is 1. The topological polar surface area (TPSA) is 21.3 Å². The van der Waals surface area contributed by atoms with Crippen molar-refractivity contribution in [3.8, 4) is 0 Å². The molecule has 10 heavy (non-hydrogen) atoms. The number of hydrogen-bond donors (Lipinski definition) is 1. The van der Waals surface area contributed by atoms with Gasteiger partial charge in [0.05, 0.1) is 6.54 Å². The van der Waals surface area contributed by atoms with Crippen molar-refractivity contribution in [1.29, 1.82) is 0 Å². The zero-order valence-electron chi connectivity index (χ0n) is 5.90. The van der Waals surface area contributed by atoms with Crippen LogP contribution in [0.1, 0.15) is 19.3 Å². The van der Waals surface area contributed by atoms with Gasteiger partial charge in [-0.3, -0.25) is 4.84 Å². The molecule has 0 radical (unpaired) electrons. The molecule has 1 spiro atoms. The average Bonchev–Trinajstić information content (AvgIpc) is 1.72. The van der Waals surface area contributed by atoms with E-state index < -0.39 is 0 Å². The van der Waals surface area contributed by atoms with E-state index in [2.05, 4.69) is 5.48 Å². The third-order valence-corrected chi connectivity index (χ3v) is 2.74. The molecule has 1 saturated carbocycles. The Bertz CT molecular complexity index is 128. The van der Waals surface area contributed by atoms with E-state index in [0.717, 1.165) is 24.8 Å². The molecule has 0 aromatic heterocycles. The molecule has 0 aromatic rings. The first-order valence-electron chi connectivity index (χ1n) is 3.81. The fraction of sp³-hybridized carbons (Fsp3) is 1.00. The second kappa shape index (κ2) is 2.36. The maximum atomic E-state index is 5.61. The highest BCUT2D eigenvalue weighted by molar-refractivity contribution is 6.17. The molecule has 2 nitrogen and oxygen atoms in total. The molecule has 3 heteroatoms. The first kappa shape index (κ1) is 6.89. The van der Waals surface area contributed by atoms with E-state index in [1.807, 2.05) is 0 Å². The molecule has 1 saturated heterocycles. The van der Waals surface area contributed by atoms with E-state index in [-0.39, 0.29) is 5.60 Å². The number of rotatable bonds is 2. The predicted molar refractivity (Wildman–Crippen MR) is 39.9 cm³/mol. The lowest BCUT2D eigenvalue weighted by Crippen LogP contribution is -2.64. The van der Waals surface area contributed by atoms with Gasteiger partial charge >= 0.3 is 0 Å². The Morgan fingerprint density at radius 2 is 2.30 bits per heavy atom. The Hall–Kier alpha value is 0.210. The Kier molecular flexibility index (Phi) is 1.63. The van der Waals surface area contributed by atoms with Crippen molar-refractivity contribution in [2.24, 2.45) is 5.92 Å². The van der Waals surface area contributed by atoms with Crippen LogP contribution in [0.5, 0.6) is 0 Å². The highest BCUT2D eigenvalue weighted by Crippen LogP contribution is 2.45. The molecule has 1 heterocycles. The molecule has 1 N–H and O–H groups in total. The van der Waals surface area contributed by atoms with Crippen molar-refractivity contribution in [2.45, 2.75) is 24.9 Å². The molecule has 0 atom stereocenters. The van der Waals surface area contributed by atoms with Gasteiger partial charge in [-0.25, -0.2) is 0 Å². The van der Waals surface area contributed by atoms with Gasteiger partial charge < -0.3 is 0 Å². The van der Waals surface area contributed by atoms with E-state index in [1.165, 1.54) is 12.8 Å². The molecule has 2 aliphatic rings. The van der Waals surface area contributed by atoms with Crippen LogP contribution < -0.4 is 5.48 Å². The van der Waals surface area contributed by atoms with Gasteiger partial charge in [-0.1, -0.05) is 0 Å². The second-order valence-corrected chi connectivity index (χ2v) is 3.74. The quantitative estimate of drug-likeness (QED) is 0.617. The fourth-order valence-corrected chi connectivity index (χ4v) is 2.16. The first-order chi connectivity index (χ1) is 4.85. The Morgan fingerprint density at radius 1 is 1.60 bits per heavy atom. The summed E-state index contributed by atoms with van der Waals surface area (Å²) in [4.78, 5) is 5.24. The third-order valence-electron chi connectivity index (χ3n) is 2.52. The van der Waals surface area contributed by atoms with E-state index in [9.17, 15) is 0 Å². The van der Waals surface area contributed by atoms with Gasteiger partial charge in [0.1, 0.15) is 5.60 Å². The summed E-state index contributed by atoms with van der Waals surface area (Å²) in [7, 11) is 0. The molecule has 2 fully saturated rings. The van der Waals surface area contributed by atoms with Crippen LogP contribution in [0.3, 0.4) is 0 Å². The Morgan fingerprint density at radius 3 is 2.70 bits per heavy atom. The largest absolute Gasteiger partial charge is 0.294 e. The van der Waals surface area contributed by atoms with Crippen LogP contribution in [0.25, 0.3) is 0 Å². The second-order valence-electron chi connectivity index (χ2n) is 3.36. The lowest BCUT2D eigenvalue weighted by Gasteiger charge is -2.52. The summed E-state index contributed by atoms with van der Waals surface area (Å²) in [5.74, 6) is 1.63. The smallest absolute Gasteiger partial charge is 0.105 e. The number of hydroxylamine groups is 1. The monoisotopic (exact) mass is 161 g/mol. The normalized spacial score (nSPS) is 44.7. The van der Waals surface area contributed by atoms with Crippen LogP contribution in [0.4, 0.5) is 0 Å². The molecule has 1 aliphatic heterocycles. The molecular formula is C7H12ClNO. The first-order valence-corrected chi connectivity index (χ1v) is 4.35. The van der Waals surface area contributed by atoms with E-state index >= 15 is 0 Å². The van der Waals surface area contributed by atoms with Gasteiger partial charge in [-0.2, -0.15) is 5.48 Å². The van der Waals surface area contributed by atoms with Gasteiger partial charge in [0.15, 0.2) is 0 Å². The molecule has 0 bridgehead atoms. The van der Waals surface area contributed by atoms with E-state index in [0.29, 0.717) is 0 Å². The van der Waals surface area contributed by atoms with Gasteiger partial charge in [0.25, 0.3) is 0 Å². The van der Waals surface area contributed by atoms with E-state index in [1.54, 1.807) is 0 Å². The molecule has 58 valence electrons. The van der Waals surface area contributed by atoms with Crippen LogP contribution >= 0.6 is 11.6 Å². The summed E-state index contributed by atoms with van der Waals surface area (Å²) in [6.45, 7) is 1.05. The molecular weight excluding hydrogens is 150 g/mol. The highest BCUT2D eigenvalue weighted by atomic mass is 35.5. The van der Waals surface area contributed by atoms with Gasteiger partial charge in [-0.15, -0.1) is 11.6 Å². The summed E-state index contributed by atoms with van der Waals surface area (Å²) in [5.41, 5.74) is 3.08. The van der Waals surface area contributed by atoms with Crippen LogP contribution in [0.2, 0.25) is 0 Å². The maximum Gasteiger partial charge on any atom is 0.105 e. The predicted octanol–water partition coefficient (Wildman–Crippen LogP) is 1.30. The van der Waals surface area contributed by atoms with Crippen molar-refractivity contribution in [2.75, 3.05) is 12.4 Å². The SMILES string of the molecule is ClCCC1CC2(CNO2)C1. The number of hydrogen-bond acceptors (Lipinski definition) is 2. The maximum absolute atomic E-state index is 5.61. The standard InChI is InChI=1S/C7H12ClNO/c8-2-1-6-3-7(4-6)5-9-10-7/h6,9H,1-5H2. The molecule has 1 aliphatic carbocycles. The summed E-state index contributed by atoms with van der Waals surface area (Å²) in [5, 5.41) is 0. The summed E-state index contributed by atoms with van der Waals surface area (Å²) >= 11 is 5.61.